The van der Waals surface area contributed by atoms with Crippen molar-refractivity contribution < 1.29 is 14.3 Å². The van der Waals surface area contributed by atoms with Gasteiger partial charge in [-0.1, -0.05) is 48.5 Å². The van der Waals surface area contributed by atoms with Crippen LogP contribution in [-0.2, 0) is 11.3 Å². The number of carbonyl (C=O) groups is 2. The van der Waals surface area contributed by atoms with Crippen molar-refractivity contribution in [2.45, 2.75) is 32.0 Å². The molecule has 0 radical (unpaired) electrons. The lowest BCUT2D eigenvalue weighted by atomic mass is 9.91. The Labute approximate surface area is 194 Å². The molecule has 2 atom stereocenters. The second kappa shape index (κ2) is 9.77. The topological polar surface area (TPSA) is 61.9 Å². The molecule has 1 heterocycles. The van der Waals surface area contributed by atoms with Crippen LogP contribution in [0.4, 0.5) is 16.2 Å². The largest absolute Gasteiger partial charge is 0.445 e. The first-order valence-electron chi connectivity index (χ1n) is 11.1. The van der Waals surface area contributed by atoms with Gasteiger partial charge in [0.2, 0.25) is 0 Å². The van der Waals surface area contributed by atoms with Crippen LogP contribution in [0.1, 0.15) is 40.9 Å². The number of nitrogens with zero attached hydrogens (tertiary/aromatic N) is 2. The molecule has 0 bridgehead atoms. The third kappa shape index (κ3) is 5.00. The van der Waals surface area contributed by atoms with Crippen LogP contribution < -0.4 is 15.1 Å². The Bertz CT molecular complexity index is 1110. The molecule has 6 heteroatoms. The van der Waals surface area contributed by atoms with Crippen LogP contribution >= 0.6 is 0 Å². The molecule has 1 aliphatic heterocycles. The lowest BCUT2D eigenvalue weighted by molar-refractivity contribution is 0.0972. The normalized spacial score (nSPS) is 17.1. The highest BCUT2D eigenvalue weighted by Gasteiger charge is 2.35. The number of hydrogen-bond acceptors (Lipinski definition) is 4. The monoisotopic (exact) mass is 443 g/mol. The Kier molecular flexibility index (Phi) is 6.63. The molecular weight excluding hydrogens is 414 g/mol. The van der Waals surface area contributed by atoms with E-state index in [1.807, 2.05) is 110 Å². The Hall–Kier alpha value is -3.80. The predicted octanol–water partition coefficient (Wildman–Crippen LogP) is 5.16. The molecule has 170 valence electrons. The molecule has 33 heavy (non-hydrogen) atoms. The quantitative estimate of drug-likeness (QED) is 0.592. The van der Waals surface area contributed by atoms with Crippen LogP contribution in [0.25, 0.3) is 0 Å². The molecule has 4 rings (SSSR count). The summed E-state index contributed by atoms with van der Waals surface area (Å²) in [5, 5.41) is 2.99. The highest BCUT2D eigenvalue weighted by molar-refractivity contribution is 6.07. The van der Waals surface area contributed by atoms with E-state index in [0.717, 1.165) is 22.5 Å². The second-order valence-electron chi connectivity index (χ2n) is 8.52. The molecule has 0 aliphatic carbocycles. The first-order valence-corrected chi connectivity index (χ1v) is 11.1. The lowest BCUT2D eigenvalue weighted by Crippen LogP contribution is -2.46. The van der Waals surface area contributed by atoms with Gasteiger partial charge in [0.1, 0.15) is 6.61 Å². The summed E-state index contributed by atoms with van der Waals surface area (Å²) in [6.45, 7) is 2.22. The van der Waals surface area contributed by atoms with Gasteiger partial charge in [0.25, 0.3) is 5.91 Å². The van der Waals surface area contributed by atoms with Crippen molar-refractivity contribution in [2.24, 2.45) is 0 Å². The fraction of sp³-hybridized carbons (Fsp3) is 0.259. The van der Waals surface area contributed by atoms with Crippen molar-refractivity contribution in [3.63, 3.8) is 0 Å². The highest BCUT2D eigenvalue weighted by Crippen LogP contribution is 2.38. The van der Waals surface area contributed by atoms with Crippen LogP contribution in [0.3, 0.4) is 0 Å². The average Bonchev–Trinajstić information content (AvgIpc) is 2.83. The molecule has 3 aromatic rings. The first-order chi connectivity index (χ1) is 15.9. The zero-order valence-electron chi connectivity index (χ0n) is 19.2. The first kappa shape index (κ1) is 22.4. The third-order valence-electron chi connectivity index (χ3n) is 5.94. The molecule has 1 aliphatic rings. The number of para-hydroxylation sites is 1. The number of fused-ring (bicyclic) bond motifs is 1. The van der Waals surface area contributed by atoms with E-state index in [-0.39, 0.29) is 24.6 Å². The zero-order valence-corrected chi connectivity index (χ0v) is 19.2. The SMILES string of the molecule is C[C@@H]1C[C@H](NC(=O)OCc2ccccc2)c2ccccc2N1C(=O)c1ccc(N(C)C)cc1. The summed E-state index contributed by atoms with van der Waals surface area (Å²) in [6.07, 6.45) is 0.129. The number of anilines is 2. The number of amides is 2. The molecule has 0 fully saturated rings. The molecule has 1 N–H and O–H groups in total. The standard InChI is InChI=1S/C27H29N3O3/c1-19-17-24(28-27(32)33-18-20-9-5-4-6-10-20)23-11-7-8-12-25(23)30(19)26(31)21-13-15-22(16-14-21)29(2)3/h4-16,19,24H,17-18H2,1-3H3,(H,28,32)/t19-,24+/m1/s1. The van der Waals surface area contributed by atoms with Crippen molar-refractivity contribution >= 4 is 23.4 Å². The lowest BCUT2D eigenvalue weighted by Gasteiger charge is -2.39. The number of alkyl carbamates (subject to hydrolysis) is 1. The Morgan fingerprint density at radius 3 is 2.33 bits per heavy atom. The van der Waals surface area contributed by atoms with E-state index < -0.39 is 6.09 Å². The molecule has 0 unspecified atom stereocenters. The predicted molar refractivity (Wildman–Crippen MR) is 131 cm³/mol. The summed E-state index contributed by atoms with van der Waals surface area (Å²) >= 11 is 0. The van der Waals surface area contributed by atoms with Crippen molar-refractivity contribution in [1.29, 1.82) is 0 Å². The minimum absolute atomic E-state index is 0.0506. The second-order valence-corrected chi connectivity index (χ2v) is 8.52. The molecule has 0 saturated heterocycles. The van der Waals surface area contributed by atoms with Crippen molar-refractivity contribution in [3.8, 4) is 0 Å². The Morgan fingerprint density at radius 1 is 0.970 bits per heavy atom. The maximum absolute atomic E-state index is 13.4. The smallest absolute Gasteiger partial charge is 0.407 e. The summed E-state index contributed by atoms with van der Waals surface area (Å²) < 4.78 is 5.42. The number of nitrogens with one attached hydrogen (secondary N) is 1. The Morgan fingerprint density at radius 2 is 1.64 bits per heavy atom. The van der Waals surface area contributed by atoms with Crippen molar-refractivity contribution in [1.82, 2.24) is 5.32 Å². The van der Waals surface area contributed by atoms with Crippen LogP contribution in [0.15, 0.2) is 78.9 Å². The van der Waals surface area contributed by atoms with E-state index in [2.05, 4.69) is 5.32 Å². The highest BCUT2D eigenvalue weighted by atomic mass is 16.5. The number of benzene rings is 3. The van der Waals surface area contributed by atoms with Gasteiger partial charge in [0, 0.05) is 37.1 Å². The van der Waals surface area contributed by atoms with E-state index in [1.165, 1.54) is 0 Å². The average molecular weight is 444 g/mol. The van der Waals surface area contributed by atoms with Gasteiger partial charge < -0.3 is 19.9 Å². The van der Waals surface area contributed by atoms with Gasteiger partial charge in [-0.15, -0.1) is 0 Å². The Balaban J connectivity index is 1.51. The van der Waals surface area contributed by atoms with E-state index >= 15 is 0 Å². The summed E-state index contributed by atoms with van der Waals surface area (Å²) in [6, 6.07) is 24.6. The van der Waals surface area contributed by atoms with Crippen LogP contribution in [0, 0.1) is 0 Å². The third-order valence-corrected chi connectivity index (χ3v) is 5.94. The molecular formula is C27H29N3O3. The van der Waals surface area contributed by atoms with E-state index in [9.17, 15) is 9.59 Å². The van der Waals surface area contributed by atoms with Crippen LogP contribution in [-0.4, -0.2) is 32.1 Å². The van der Waals surface area contributed by atoms with Crippen molar-refractivity contribution in [2.75, 3.05) is 23.9 Å². The van der Waals surface area contributed by atoms with E-state index in [4.69, 9.17) is 4.74 Å². The van der Waals surface area contributed by atoms with Gasteiger partial charge in [0.15, 0.2) is 0 Å². The van der Waals surface area contributed by atoms with Gasteiger partial charge >= 0.3 is 6.09 Å². The summed E-state index contributed by atoms with van der Waals surface area (Å²) in [7, 11) is 3.94. The number of rotatable bonds is 5. The van der Waals surface area contributed by atoms with Gasteiger partial charge in [0.05, 0.1) is 6.04 Å². The minimum Gasteiger partial charge on any atom is -0.445 e. The van der Waals surface area contributed by atoms with Gasteiger partial charge in [-0.25, -0.2) is 4.79 Å². The fourth-order valence-corrected chi connectivity index (χ4v) is 4.21. The number of hydrogen-bond donors (Lipinski definition) is 1. The van der Waals surface area contributed by atoms with Gasteiger partial charge in [-0.05, 0) is 54.8 Å². The van der Waals surface area contributed by atoms with Gasteiger partial charge in [-0.2, -0.15) is 0 Å². The molecule has 0 spiro atoms. The van der Waals surface area contributed by atoms with Gasteiger partial charge in [-0.3, -0.25) is 4.79 Å². The van der Waals surface area contributed by atoms with Crippen LogP contribution in [0.2, 0.25) is 0 Å². The maximum Gasteiger partial charge on any atom is 0.407 e. The summed E-state index contributed by atoms with van der Waals surface area (Å²) in [5.41, 5.74) is 4.33. The number of ether oxygens (including phenoxy) is 1. The van der Waals surface area contributed by atoms with Crippen molar-refractivity contribution in [3.05, 3.63) is 95.6 Å². The minimum atomic E-state index is -0.468. The summed E-state index contributed by atoms with van der Waals surface area (Å²) in [5.74, 6) is -0.0506. The fourth-order valence-electron chi connectivity index (χ4n) is 4.21. The molecule has 0 aromatic heterocycles. The summed E-state index contributed by atoms with van der Waals surface area (Å²) in [4.78, 5) is 29.8. The van der Waals surface area contributed by atoms with Crippen LogP contribution in [0.5, 0.6) is 0 Å². The number of carbonyl (C=O) groups excluding carboxylic acids is 2. The van der Waals surface area contributed by atoms with E-state index in [1.54, 1.807) is 0 Å². The zero-order chi connectivity index (χ0) is 23.4. The molecule has 0 saturated carbocycles. The molecule has 3 aromatic carbocycles. The molecule has 2 amide bonds. The van der Waals surface area contributed by atoms with E-state index in [0.29, 0.717) is 12.0 Å². The maximum atomic E-state index is 13.4. The molecule has 6 nitrogen and oxygen atoms in total.